The zero-order valence-corrected chi connectivity index (χ0v) is 8.21. The lowest BCUT2D eigenvalue weighted by Crippen LogP contribution is -2.21. The number of carbonyl (C=O) groups excluding carboxylic acids is 2. The lowest BCUT2D eigenvalue weighted by atomic mass is 9.91. The predicted octanol–water partition coefficient (Wildman–Crippen LogP) is 1.55. The lowest BCUT2D eigenvalue weighted by molar-refractivity contribution is -0.146. The second-order valence-electron chi connectivity index (χ2n) is 3.73. The Hall–Kier alpha value is -0.860. The molecule has 1 aliphatic carbocycles. The maximum atomic E-state index is 11.3. The Morgan fingerprint density at radius 1 is 1.38 bits per heavy atom. The van der Waals surface area contributed by atoms with E-state index in [-0.39, 0.29) is 23.6 Å². The summed E-state index contributed by atoms with van der Waals surface area (Å²) in [5.74, 6) is 0.211. The Morgan fingerprint density at radius 3 is 2.62 bits per heavy atom. The summed E-state index contributed by atoms with van der Waals surface area (Å²) in [4.78, 5) is 22.2. The van der Waals surface area contributed by atoms with Gasteiger partial charge in [0.1, 0.15) is 5.78 Å². The molecule has 0 heterocycles. The highest BCUT2D eigenvalue weighted by atomic mass is 16.5. The molecule has 0 radical (unpaired) electrons. The summed E-state index contributed by atoms with van der Waals surface area (Å²) in [7, 11) is 1.41. The number of methoxy groups -OCH3 is 1. The molecule has 0 saturated heterocycles. The molecule has 3 nitrogen and oxygen atoms in total. The molecule has 1 aliphatic rings. The fraction of sp³-hybridized carbons (Fsp3) is 0.800. The van der Waals surface area contributed by atoms with Gasteiger partial charge in [0.05, 0.1) is 13.0 Å². The van der Waals surface area contributed by atoms with Gasteiger partial charge in [-0.05, 0) is 25.7 Å². The van der Waals surface area contributed by atoms with Crippen LogP contribution >= 0.6 is 0 Å². The van der Waals surface area contributed by atoms with Crippen molar-refractivity contribution in [2.45, 2.75) is 32.6 Å². The van der Waals surface area contributed by atoms with Crippen LogP contribution in [0.1, 0.15) is 32.6 Å². The summed E-state index contributed by atoms with van der Waals surface area (Å²) in [5.41, 5.74) is 0. The summed E-state index contributed by atoms with van der Waals surface area (Å²) in [6.45, 7) is 1.58. The van der Waals surface area contributed by atoms with E-state index in [1.807, 2.05) is 0 Å². The maximum absolute atomic E-state index is 11.3. The topological polar surface area (TPSA) is 43.4 Å². The van der Waals surface area contributed by atoms with Gasteiger partial charge in [-0.1, -0.05) is 6.42 Å². The van der Waals surface area contributed by atoms with Crippen molar-refractivity contribution in [3.63, 3.8) is 0 Å². The molecule has 0 aromatic carbocycles. The monoisotopic (exact) mass is 184 g/mol. The van der Waals surface area contributed by atoms with E-state index in [2.05, 4.69) is 0 Å². The van der Waals surface area contributed by atoms with E-state index >= 15 is 0 Å². The van der Waals surface area contributed by atoms with E-state index in [1.165, 1.54) is 7.11 Å². The molecule has 1 fully saturated rings. The van der Waals surface area contributed by atoms with Crippen LogP contribution in [0.25, 0.3) is 0 Å². The minimum absolute atomic E-state index is 0.0334. The Bertz CT molecular complexity index is 210. The van der Waals surface area contributed by atoms with Crippen LogP contribution in [-0.2, 0) is 14.3 Å². The predicted molar refractivity (Wildman–Crippen MR) is 48.1 cm³/mol. The number of rotatable bonds is 3. The molecule has 1 saturated carbocycles. The van der Waals surface area contributed by atoms with Crippen molar-refractivity contribution >= 4 is 11.8 Å². The molecule has 3 heteroatoms. The highest BCUT2D eigenvalue weighted by Gasteiger charge is 2.34. The molecule has 0 N–H and O–H groups in total. The van der Waals surface area contributed by atoms with Gasteiger partial charge in [-0.25, -0.2) is 0 Å². The van der Waals surface area contributed by atoms with Crippen molar-refractivity contribution in [2.24, 2.45) is 11.8 Å². The molecular formula is C10H16O3. The zero-order valence-electron chi connectivity index (χ0n) is 8.21. The smallest absolute Gasteiger partial charge is 0.308 e. The van der Waals surface area contributed by atoms with Gasteiger partial charge in [0.25, 0.3) is 0 Å². The van der Waals surface area contributed by atoms with Crippen molar-refractivity contribution in [3.05, 3.63) is 0 Å². The van der Waals surface area contributed by atoms with Crippen molar-refractivity contribution in [2.75, 3.05) is 7.11 Å². The Kier molecular flexibility index (Phi) is 3.46. The molecule has 1 rings (SSSR count). The fourth-order valence-electron chi connectivity index (χ4n) is 2.11. The van der Waals surface area contributed by atoms with Crippen LogP contribution in [0.5, 0.6) is 0 Å². The number of hydrogen-bond acceptors (Lipinski definition) is 3. The quantitative estimate of drug-likeness (QED) is 0.625. The second-order valence-corrected chi connectivity index (χ2v) is 3.73. The maximum Gasteiger partial charge on any atom is 0.308 e. The molecule has 0 aromatic rings. The SMILES string of the molecule is COC(=O)[C@H]1CCC[C@H]1CC(C)=O. The highest BCUT2D eigenvalue weighted by Crippen LogP contribution is 2.34. The van der Waals surface area contributed by atoms with Gasteiger partial charge in [-0.3, -0.25) is 4.79 Å². The van der Waals surface area contributed by atoms with Crippen molar-refractivity contribution in [1.82, 2.24) is 0 Å². The van der Waals surface area contributed by atoms with Gasteiger partial charge in [0.15, 0.2) is 0 Å². The van der Waals surface area contributed by atoms with Crippen LogP contribution in [0, 0.1) is 11.8 Å². The number of ether oxygens (including phenoxy) is 1. The minimum atomic E-state index is -0.149. The zero-order chi connectivity index (χ0) is 9.84. The van der Waals surface area contributed by atoms with Crippen LogP contribution < -0.4 is 0 Å². The lowest BCUT2D eigenvalue weighted by Gasteiger charge is -2.15. The van der Waals surface area contributed by atoms with E-state index in [0.717, 1.165) is 19.3 Å². The molecule has 0 unspecified atom stereocenters. The minimum Gasteiger partial charge on any atom is -0.469 e. The molecular weight excluding hydrogens is 168 g/mol. The summed E-state index contributed by atoms with van der Waals surface area (Å²) < 4.78 is 4.70. The Morgan fingerprint density at radius 2 is 2.08 bits per heavy atom. The number of Topliss-reactive ketones (excluding diaryl/α,β-unsaturated/α-hetero) is 1. The number of hydrogen-bond donors (Lipinski definition) is 0. The largest absolute Gasteiger partial charge is 0.469 e. The van der Waals surface area contributed by atoms with E-state index in [0.29, 0.717) is 6.42 Å². The second kappa shape index (κ2) is 4.40. The number of esters is 1. The Labute approximate surface area is 78.5 Å². The van der Waals surface area contributed by atoms with Gasteiger partial charge in [-0.15, -0.1) is 0 Å². The molecule has 0 aliphatic heterocycles. The molecule has 2 atom stereocenters. The third-order valence-electron chi connectivity index (χ3n) is 2.71. The number of ketones is 1. The van der Waals surface area contributed by atoms with Crippen LogP contribution in [0.15, 0.2) is 0 Å². The standard InChI is InChI=1S/C10H16O3/c1-7(11)6-8-4-3-5-9(8)10(12)13-2/h8-9H,3-6H2,1-2H3/t8-,9-/m0/s1. The van der Waals surface area contributed by atoms with Crippen LogP contribution in [0.4, 0.5) is 0 Å². The van der Waals surface area contributed by atoms with Gasteiger partial charge >= 0.3 is 5.97 Å². The van der Waals surface area contributed by atoms with E-state index in [9.17, 15) is 9.59 Å². The van der Waals surface area contributed by atoms with Gasteiger partial charge in [0, 0.05) is 6.42 Å². The molecule has 0 amide bonds. The normalized spacial score (nSPS) is 27.2. The highest BCUT2D eigenvalue weighted by molar-refractivity contribution is 5.78. The van der Waals surface area contributed by atoms with E-state index in [4.69, 9.17) is 4.74 Å². The summed E-state index contributed by atoms with van der Waals surface area (Å²) in [5, 5.41) is 0. The van der Waals surface area contributed by atoms with E-state index in [1.54, 1.807) is 6.92 Å². The summed E-state index contributed by atoms with van der Waals surface area (Å²) in [6, 6.07) is 0. The van der Waals surface area contributed by atoms with Crippen LogP contribution in [-0.4, -0.2) is 18.9 Å². The van der Waals surface area contributed by atoms with Crippen molar-refractivity contribution in [1.29, 1.82) is 0 Å². The Balaban J connectivity index is 2.53. The first-order valence-corrected chi connectivity index (χ1v) is 4.72. The molecule has 0 bridgehead atoms. The summed E-state index contributed by atoms with van der Waals surface area (Å²) in [6.07, 6.45) is 3.43. The van der Waals surface area contributed by atoms with E-state index < -0.39 is 0 Å². The first kappa shape index (κ1) is 10.2. The third kappa shape index (κ3) is 2.54. The van der Waals surface area contributed by atoms with Crippen LogP contribution in [0.2, 0.25) is 0 Å². The summed E-state index contributed by atoms with van der Waals surface area (Å²) >= 11 is 0. The average molecular weight is 184 g/mol. The first-order chi connectivity index (χ1) is 6.15. The fourth-order valence-corrected chi connectivity index (χ4v) is 2.11. The average Bonchev–Trinajstić information content (AvgIpc) is 2.50. The molecule has 74 valence electrons. The van der Waals surface area contributed by atoms with Gasteiger partial charge < -0.3 is 9.53 Å². The van der Waals surface area contributed by atoms with Gasteiger partial charge in [-0.2, -0.15) is 0 Å². The molecule has 13 heavy (non-hydrogen) atoms. The van der Waals surface area contributed by atoms with Crippen LogP contribution in [0.3, 0.4) is 0 Å². The molecule has 0 spiro atoms. The molecule has 0 aromatic heterocycles. The van der Waals surface area contributed by atoms with Crippen molar-refractivity contribution in [3.8, 4) is 0 Å². The first-order valence-electron chi connectivity index (χ1n) is 4.72. The van der Waals surface area contributed by atoms with Gasteiger partial charge in [0.2, 0.25) is 0 Å². The number of carbonyl (C=O) groups is 2. The van der Waals surface area contributed by atoms with Crippen molar-refractivity contribution < 1.29 is 14.3 Å². The third-order valence-corrected chi connectivity index (χ3v) is 2.71.